The number of esters is 2. The SMILES string of the molecule is NC(=O)C(O)C(O)c1ccc2c3c(cccc13)C(=O)OC2=O. The van der Waals surface area contributed by atoms with E-state index in [0.717, 1.165) is 0 Å². The summed E-state index contributed by atoms with van der Waals surface area (Å²) in [6.07, 6.45) is -3.38. The number of aliphatic hydroxyl groups is 2. The van der Waals surface area contributed by atoms with Crippen LogP contribution in [0.2, 0.25) is 0 Å². The van der Waals surface area contributed by atoms with Gasteiger partial charge in [-0.3, -0.25) is 4.79 Å². The van der Waals surface area contributed by atoms with E-state index >= 15 is 0 Å². The molecule has 0 radical (unpaired) electrons. The summed E-state index contributed by atoms with van der Waals surface area (Å²) in [5, 5.41) is 20.4. The first-order valence-corrected chi connectivity index (χ1v) is 6.39. The number of hydrogen-bond donors (Lipinski definition) is 3. The third-order valence-electron chi connectivity index (χ3n) is 3.61. The van der Waals surface area contributed by atoms with Crippen molar-refractivity contribution >= 4 is 28.6 Å². The Kier molecular flexibility index (Phi) is 3.16. The van der Waals surface area contributed by atoms with Crippen LogP contribution in [0.3, 0.4) is 0 Å². The minimum atomic E-state index is -1.80. The lowest BCUT2D eigenvalue weighted by atomic mass is 9.90. The van der Waals surface area contributed by atoms with Crippen LogP contribution >= 0.6 is 0 Å². The van der Waals surface area contributed by atoms with E-state index in [0.29, 0.717) is 10.8 Å². The van der Waals surface area contributed by atoms with Gasteiger partial charge in [0, 0.05) is 5.39 Å². The third-order valence-corrected chi connectivity index (χ3v) is 3.61. The first-order chi connectivity index (χ1) is 10.4. The molecule has 7 heteroatoms. The molecule has 1 heterocycles. The Hall–Kier alpha value is -2.77. The fourth-order valence-corrected chi connectivity index (χ4v) is 2.55. The summed E-state index contributed by atoms with van der Waals surface area (Å²) in [7, 11) is 0. The van der Waals surface area contributed by atoms with Gasteiger partial charge in [-0.05, 0) is 23.1 Å². The molecule has 0 aromatic heterocycles. The Balaban J connectivity index is 2.29. The Morgan fingerprint density at radius 1 is 1.05 bits per heavy atom. The van der Waals surface area contributed by atoms with E-state index in [1.54, 1.807) is 12.1 Å². The van der Waals surface area contributed by atoms with Crippen molar-refractivity contribution in [3.8, 4) is 0 Å². The monoisotopic (exact) mass is 301 g/mol. The molecule has 2 atom stereocenters. The second kappa shape index (κ2) is 4.90. The van der Waals surface area contributed by atoms with Gasteiger partial charge in [-0.2, -0.15) is 0 Å². The zero-order valence-corrected chi connectivity index (χ0v) is 11.1. The fraction of sp³-hybridized carbons (Fsp3) is 0.133. The predicted octanol–water partition coefficient (Wildman–Crippen LogP) is 0.0300. The average Bonchev–Trinajstić information content (AvgIpc) is 2.50. The van der Waals surface area contributed by atoms with Gasteiger partial charge in [0.1, 0.15) is 6.10 Å². The van der Waals surface area contributed by atoms with Gasteiger partial charge in [0.25, 0.3) is 0 Å². The van der Waals surface area contributed by atoms with E-state index in [1.807, 2.05) is 0 Å². The molecule has 0 saturated heterocycles. The highest BCUT2D eigenvalue weighted by molar-refractivity contribution is 6.21. The number of aliphatic hydroxyl groups excluding tert-OH is 2. The quantitative estimate of drug-likeness (QED) is 0.542. The molecular weight excluding hydrogens is 290 g/mol. The van der Waals surface area contributed by atoms with Gasteiger partial charge in [-0.15, -0.1) is 0 Å². The molecule has 1 aliphatic heterocycles. The lowest BCUT2D eigenvalue weighted by Gasteiger charge is -2.21. The van der Waals surface area contributed by atoms with Gasteiger partial charge in [-0.1, -0.05) is 18.2 Å². The number of rotatable bonds is 3. The normalized spacial score (nSPS) is 16.3. The van der Waals surface area contributed by atoms with Crippen LogP contribution in [0.1, 0.15) is 32.4 Å². The molecule has 2 aromatic carbocycles. The first kappa shape index (κ1) is 14.2. The van der Waals surface area contributed by atoms with Gasteiger partial charge in [0.15, 0.2) is 6.10 Å². The molecule has 1 aliphatic rings. The summed E-state index contributed by atoms with van der Waals surface area (Å²) < 4.78 is 4.63. The highest BCUT2D eigenvalue weighted by atomic mass is 16.6. The van der Waals surface area contributed by atoms with E-state index in [9.17, 15) is 24.6 Å². The maximum Gasteiger partial charge on any atom is 0.346 e. The zero-order chi connectivity index (χ0) is 16.0. The van der Waals surface area contributed by atoms with Crippen LogP contribution in [0, 0.1) is 0 Å². The van der Waals surface area contributed by atoms with E-state index < -0.39 is 30.1 Å². The summed E-state index contributed by atoms with van der Waals surface area (Å²) in [6, 6.07) is 7.36. The van der Waals surface area contributed by atoms with Gasteiger partial charge in [0.05, 0.1) is 11.1 Å². The standard InChI is InChI=1S/C15H11NO6/c16-13(19)12(18)11(17)7-4-5-9-10-6(7)2-1-3-8(10)14(20)22-15(9)21/h1-5,11-12,17-18H,(H2,16,19). The topological polar surface area (TPSA) is 127 Å². The van der Waals surface area contributed by atoms with Crippen molar-refractivity contribution < 1.29 is 29.3 Å². The molecule has 4 N–H and O–H groups in total. The van der Waals surface area contributed by atoms with Crippen LogP contribution in [0.4, 0.5) is 0 Å². The largest absolute Gasteiger partial charge is 0.386 e. The number of carbonyl (C=O) groups is 3. The smallest absolute Gasteiger partial charge is 0.346 e. The lowest BCUT2D eigenvalue weighted by Crippen LogP contribution is -2.34. The number of ether oxygens (including phenoxy) is 1. The summed E-state index contributed by atoms with van der Waals surface area (Å²) >= 11 is 0. The summed E-state index contributed by atoms with van der Waals surface area (Å²) in [5.41, 5.74) is 5.52. The summed E-state index contributed by atoms with van der Waals surface area (Å²) in [6.45, 7) is 0. The van der Waals surface area contributed by atoms with Crippen LogP contribution in [0.15, 0.2) is 30.3 Å². The highest BCUT2D eigenvalue weighted by Crippen LogP contribution is 2.34. The van der Waals surface area contributed by atoms with Crippen molar-refractivity contribution in [2.45, 2.75) is 12.2 Å². The zero-order valence-electron chi connectivity index (χ0n) is 11.1. The molecule has 1 amide bonds. The first-order valence-electron chi connectivity index (χ1n) is 6.39. The van der Waals surface area contributed by atoms with E-state index in [1.165, 1.54) is 18.2 Å². The van der Waals surface area contributed by atoms with E-state index in [-0.39, 0.29) is 16.7 Å². The predicted molar refractivity (Wildman–Crippen MR) is 73.9 cm³/mol. The van der Waals surface area contributed by atoms with Gasteiger partial charge >= 0.3 is 11.9 Å². The number of nitrogens with two attached hydrogens (primary N) is 1. The van der Waals surface area contributed by atoms with Crippen LogP contribution in [-0.2, 0) is 9.53 Å². The maximum atomic E-state index is 11.8. The van der Waals surface area contributed by atoms with Crippen molar-refractivity contribution in [3.05, 3.63) is 47.0 Å². The molecule has 0 fully saturated rings. The molecule has 3 rings (SSSR count). The van der Waals surface area contributed by atoms with Crippen LogP contribution in [0.5, 0.6) is 0 Å². The van der Waals surface area contributed by atoms with E-state index in [2.05, 4.69) is 4.74 Å². The van der Waals surface area contributed by atoms with Gasteiger partial charge in [0.2, 0.25) is 5.91 Å². The number of benzene rings is 2. The third kappa shape index (κ3) is 1.95. The maximum absolute atomic E-state index is 11.8. The van der Waals surface area contributed by atoms with E-state index in [4.69, 9.17) is 5.73 Å². The minimum Gasteiger partial charge on any atom is -0.386 e. The average molecular weight is 301 g/mol. The fourth-order valence-electron chi connectivity index (χ4n) is 2.55. The molecule has 2 aromatic rings. The van der Waals surface area contributed by atoms with Crippen molar-refractivity contribution in [2.24, 2.45) is 5.73 Å². The number of primary amides is 1. The second-order valence-corrected chi connectivity index (χ2v) is 4.90. The van der Waals surface area contributed by atoms with Crippen LogP contribution in [0.25, 0.3) is 10.8 Å². The lowest BCUT2D eigenvalue weighted by molar-refractivity contribution is -0.131. The van der Waals surface area contributed by atoms with Crippen molar-refractivity contribution in [1.82, 2.24) is 0 Å². The number of cyclic esters (lactones) is 2. The molecule has 112 valence electrons. The van der Waals surface area contributed by atoms with Crippen molar-refractivity contribution in [1.29, 1.82) is 0 Å². The molecule has 0 bridgehead atoms. The number of hydrogen-bond acceptors (Lipinski definition) is 6. The van der Waals surface area contributed by atoms with Gasteiger partial charge in [-0.25, -0.2) is 9.59 Å². The molecule has 0 aliphatic carbocycles. The van der Waals surface area contributed by atoms with Crippen molar-refractivity contribution in [3.63, 3.8) is 0 Å². The Bertz CT molecular complexity index is 808. The summed E-state index contributed by atoms with van der Waals surface area (Å²) in [4.78, 5) is 34.6. The summed E-state index contributed by atoms with van der Waals surface area (Å²) in [5.74, 6) is -2.65. The number of carbonyl (C=O) groups excluding carboxylic acids is 3. The molecule has 0 spiro atoms. The van der Waals surface area contributed by atoms with Crippen molar-refractivity contribution in [2.75, 3.05) is 0 Å². The highest BCUT2D eigenvalue weighted by Gasteiger charge is 2.31. The molecular formula is C15H11NO6. The molecule has 7 nitrogen and oxygen atoms in total. The van der Waals surface area contributed by atoms with Gasteiger partial charge < -0.3 is 20.7 Å². The molecule has 2 unspecified atom stereocenters. The molecule has 0 saturated carbocycles. The minimum absolute atomic E-state index is 0.176. The molecule has 22 heavy (non-hydrogen) atoms. The van der Waals surface area contributed by atoms with Crippen LogP contribution in [-0.4, -0.2) is 34.2 Å². The number of amides is 1. The van der Waals surface area contributed by atoms with Crippen LogP contribution < -0.4 is 5.73 Å². The Labute approximate surface area is 123 Å². The Morgan fingerprint density at radius 3 is 2.32 bits per heavy atom. The second-order valence-electron chi connectivity index (χ2n) is 4.90. The Morgan fingerprint density at radius 2 is 1.68 bits per heavy atom.